The molecule has 0 spiro atoms. The summed E-state index contributed by atoms with van der Waals surface area (Å²) in [6.45, 7) is 0. The predicted octanol–water partition coefficient (Wildman–Crippen LogP) is 4.62. The van der Waals surface area contributed by atoms with Gasteiger partial charge >= 0.3 is 6.18 Å². The van der Waals surface area contributed by atoms with Crippen LogP contribution in [0.4, 0.5) is 18.9 Å². The molecule has 0 fully saturated rings. The summed E-state index contributed by atoms with van der Waals surface area (Å²) in [7, 11) is 1.43. The van der Waals surface area contributed by atoms with E-state index in [0.29, 0.717) is 5.75 Å². The van der Waals surface area contributed by atoms with Crippen molar-refractivity contribution >= 4 is 23.2 Å². The molecule has 116 valence electrons. The van der Waals surface area contributed by atoms with Gasteiger partial charge < -0.3 is 10.1 Å². The number of anilines is 1. The monoisotopic (exact) mass is 329 g/mol. The molecule has 1 N–H and O–H groups in total. The Morgan fingerprint density at radius 2 is 1.86 bits per heavy atom. The number of hydrogen-bond donors (Lipinski definition) is 1. The van der Waals surface area contributed by atoms with Gasteiger partial charge in [-0.3, -0.25) is 4.79 Å². The smallest absolute Gasteiger partial charge is 0.417 e. The number of nitrogens with one attached hydrogen (secondary N) is 1. The zero-order valence-corrected chi connectivity index (χ0v) is 12.1. The molecule has 0 atom stereocenters. The van der Waals surface area contributed by atoms with Crippen LogP contribution >= 0.6 is 11.6 Å². The first kappa shape index (κ1) is 16.2. The number of methoxy groups -OCH3 is 1. The fourth-order valence-electron chi connectivity index (χ4n) is 1.87. The molecular weight excluding hydrogens is 319 g/mol. The fraction of sp³-hybridized carbons (Fsp3) is 0.133. The van der Waals surface area contributed by atoms with E-state index in [1.165, 1.54) is 37.4 Å². The molecular formula is C15H11ClF3NO2. The molecule has 2 rings (SSSR count). The second kappa shape index (κ2) is 6.27. The van der Waals surface area contributed by atoms with Crippen LogP contribution in [0.1, 0.15) is 15.9 Å². The van der Waals surface area contributed by atoms with Gasteiger partial charge in [0.05, 0.1) is 23.3 Å². The highest BCUT2D eigenvalue weighted by atomic mass is 35.5. The Hall–Kier alpha value is -2.21. The minimum Gasteiger partial charge on any atom is -0.495 e. The first-order valence-corrected chi connectivity index (χ1v) is 6.52. The van der Waals surface area contributed by atoms with Crippen LogP contribution in [-0.2, 0) is 6.18 Å². The third-order valence-corrected chi connectivity index (χ3v) is 3.18. The van der Waals surface area contributed by atoms with E-state index in [9.17, 15) is 18.0 Å². The zero-order chi connectivity index (χ0) is 16.3. The van der Waals surface area contributed by atoms with E-state index >= 15 is 0 Å². The van der Waals surface area contributed by atoms with Crippen LogP contribution in [-0.4, -0.2) is 13.0 Å². The van der Waals surface area contributed by atoms with Gasteiger partial charge in [-0.25, -0.2) is 0 Å². The molecule has 3 nitrogen and oxygen atoms in total. The van der Waals surface area contributed by atoms with Crippen LogP contribution in [0.3, 0.4) is 0 Å². The number of carbonyl (C=O) groups excluding carboxylic acids is 1. The topological polar surface area (TPSA) is 38.3 Å². The highest BCUT2D eigenvalue weighted by Gasteiger charge is 2.34. The first-order chi connectivity index (χ1) is 10.3. The van der Waals surface area contributed by atoms with Gasteiger partial charge in [0, 0.05) is 5.69 Å². The Bertz CT molecular complexity index is 701. The van der Waals surface area contributed by atoms with Gasteiger partial charge in [0.15, 0.2) is 0 Å². The third kappa shape index (κ3) is 3.51. The lowest BCUT2D eigenvalue weighted by molar-refractivity contribution is -0.137. The van der Waals surface area contributed by atoms with Crippen LogP contribution in [0.2, 0.25) is 5.02 Å². The van der Waals surface area contributed by atoms with Crippen molar-refractivity contribution in [1.29, 1.82) is 0 Å². The molecule has 0 bridgehead atoms. The third-order valence-electron chi connectivity index (χ3n) is 2.89. The van der Waals surface area contributed by atoms with E-state index in [4.69, 9.17) is 16.3 Å². The number of rotatable bonds is 3. The van der Waals surface area contributed by atoms with E-state index in [2.05, 4.69) is 5.32 Å². The number of benzene rings is 2. The molecule has 0 radical (unpaired) electrons. The van der Waals surface area contributed by atoms with Crippen LogP contribution in [0.5, 0.6) is 5.75 Å². The standard InChI is InChI=1S/C15H11ClF3NO2/c1-22-13-7-6-9(8-12(13)16)20-14(21)10-4-2-3-5-11(10)15(17,18)19/h2-8H,1H3,(H,20,21). The van der Waals surface area contributed by atoms with Gasteiger partial charge in [0.25, 0.3) is 5.91 Å². The van der Waals surface area contributed by atoms with Gasteiger partial charge in [-0.15, -0.1) is 0 Å². The SMILES string of the molecule is COc1ccc(NC(=O)c2ccccc2C(F)(F)F)cc1Cl. The normalized spacial score (nSPS) is 11.1. The van der Waals surface area contributed by atoms with Crippen molar-refractivity contribution in [2.24, 2.45) is 0 Å². The predicted molar refractivity (Wildman–Crippen MR) is 77.4 cm³/mol. The fourth-order valence-corrected chi connectivity index (χ4v) is 2.13. The van der Waals surface area contributed by atoms with Gasteiger partial charge in [0.2, 0.25) is 0 Å². The Morgan fingerprint density at radius 3 is 2.45 bits per heavy atom. The van der Waals surface area contributed by atoms with E-state index in [1.54, 1.807) is 0 Å². The van der Waals surface area contributed by atoms with E-state index in [1.807, 2.05) is 0 Å². The molecule has 0 aromatic heterocycles. The molecule has 1 amide bonds. The van der Waals surface area contributed by atoms with Crippen molar-refractivity contribution in [3.63, 3.8) is 0 Å². The zero-order valence-electron chi connectivity index (χ0n) is 11.4. The number of ether oxygens (including phenoxy) is 1. The van der Waals surface area contributed by atoms with E-state index in [-0.39, 0.29) is 10.7 Å². The Balaban J connectivity index is 2.29. The van der Waals surface area contributed by atoms with Gasteiger partial charge in [0.1, 0.15) is 5.75 Å². The van der Waals surface area contributed by atoms with Gasteiger partial charge in [-0.2, -0.15) is 13.2 Å². The second-order valence-electron chi connectivity index (χ2n) is 4.35. The highest BCUT2D eigenvalue weighted by molar-refractivity contribution is 6.32. The van der Waals surface area contributed by atoms with Crippen molar-refractivity contribution in [2.45, 2.75) is 6.18 Å². The molecule has 0 aliphatic carbocycles. The number of amides is 1. The maximum absolute atomic E-state index is 12.9. The van der Waals surface area contributed by atoms with Crippen LogP contribution in [0.25, 0.3) is 0 Å². The minimum atomic E-state index is -4.61. The van der Waals surface area contributed by atoms with Crippen molar-refractivity contribution in [2.75, 3.05) is 12.4 Å². The quantitative estimate of drug-likeness (QED) is 0.892. The summed E-state index contributed by atoms with van der Waals surface area (Å²) in [6, 6.07) is 8.95. The number of halogens is 4. The lowest BCUT2D eigenvalue weighted by atomic mass is 10.1. The maximum Gasteiger partial charge on any atom is 0.417 e. The van der Waals surface area contributed by atoms with Crippen LogP contribution in [0, 0.1) is 0 Å². The summed E-state index contributed by atoms with van der Waals surface area (Å²) < 4.78 is 43.6. The molecule has 0 saturated carbocycles. The minimum absolute atomic E-state index is 0.240. The molecule has 7 heteroatoms. The molecule has 22 heavy (non-hydrogen) atoms. The maximum atomic E-state index is 12.9. The average Bonchev–Trinajstić information content (AvgIpc) is 2.46. The summed E-state index contributed by atoms with van der Waals surface area (Å²) in [6.07, 6.45) is -4.61. The Kier molecular flexibility index (Phi) is 4.61. The molecule has 0 aliphatic heterocycles. The average molecular weight is 330 g/mol. The highest BCUT2D eigenvalue weighted by Crippen LogP contribution is 2.32. The summed E-state index contributed by atoms with van der Waals surface area (Å²) in [5, 5.41) is 2.62. The molecule has 0 heterocycles. The van der Waals surface area contributed by atoms with Gasteiger partial charge in [-0.1, -0.05) is 23.7 Å². The first-order valence-electron chi connectivity index (χ1n) is 6.14. The van der Waals surface area contributed by atoms with Crippen LogP contribution in [0.15, 0.2) is 42.5 Å². The number of alkyl halides is 3. The van der Waals surface area contributed by atoms with E-state index < -0.39 is 23.2 Å². The van der Waals surface area contributed by atoms with Crippen molar-refractivity contribution < 1.29 is 22.7 Å². The summed E-state index contributed by atoms with van der Waals surface area (Å²) in [5.74, 6) is -0.468. The largest absolute Gasteiger partial charge is 0.495 e. The summed E-state index contributed by atoms with van der Waals surface area (Å²) >= 11 is 5.91. The molecule has 0 saturated heterocycles. The van der Waals surface area contributed by atoms with E-state index in [0.717, 1.165) is 12.1 Å². The lowest BCUT2D eigenvalue weighted by Crippen LogP contribution is -2.18. The lowest BCUT2D eigenvalue weighted by Gasteiger charge is -2.13. The Labute approximate surface area is 129 Å². The summed E-state index contributed by atoms with van der Waals surface area (Å²) in [4.78, 5) is 12.1. The Morgan fingerprint density at radius 1 is 1.18 bits per heavy atom. The molecule has 0 aliphatic rings. The number of hydrogen-bond acceptors (Lipinski definition) is 2. The summed E-state index contributed by atoms with van der Waals surface area (Å²) in [5.41, 5.74) is -1.18. The van der Waals surface area contributed by atoms with Crippen LogP contribution < -0.4 is 10.1 Å². The molecule has 2 aromatic carbocycles. The van der Waals surface area contributed by atoms with Crippen molar-refractivity contribution in [3.8, 4) is 5.75 Å². The number of carbonyl (C=O) groups is 1. The second-order valence-corrected chi connectivity index (χ2v) is 4.75. The molecule has 2 aromatic rings. The van der Waals surface area contributed by atoms with Crippen molar-refractivity contribution in [1.82, 2.24) is 0 Å². The van der Waals surface area contributed by atoms with Crippen molar-refractivity contribution in [3.05, 3.63) is 58.6 Å². The molecule has 0 unspecified atom stereocenters. The van der Waals surface area contributed by atoms with Gasteiger partial charge in [-0.05, 0) is 30.3 Å².